The van der Waals surface area contributed by atoms with Gasteiger partial charge in [0.1, 0.15) is 0 Å². The lowest BCUT2D eigenvalue weighted by molar-refractivity contribution is 0.0971. The lowest BCUT2D eigenvalue weighted by Crippen LogP contribution is -2.50. The van der Waals surface area contributed by atoms with Crippen LogP contribution in [-0.2, 0) is 10.0 Å². The molecule has 0 atom stereocenters. The van der Waals surface area contributed by atoms with Crippen LogP contribution in [0.2, 0.25) is 5.02 Å². The Labute approximate surface area is 202 Å². The van der Waals surface area contributed by atoms with Gasteiger partial charge < -0.3 is 4.90 Å². The molecule has 10 nitrogen and oxygen atoms in total. The molecule has 0 bridgehead atoms. The summed E-state index contributed by atoms with van der Waals surface area (Å²) in [5, 5.41) is 10.1. The van der Waals surface area contributed by atoms with E-state index in [4.69, 9.17) is 11.6 Å². The second-order valence-corrected chi connectivity index (χ2v) is 9.87. The molecule has 3 aromatic carbocycles. The number of hydrazone groups is 1. The molecule has 4 rings (SSSR count). The van der Waals surface area contributed by atoms with Crippen LogP contribution < -0.4 is 26.0 Å². The van der Waals surface area contributed by atoms with Gasteiger partial charge in [0.05, 0.1) is 11.4 Å². The highest BCUT2D eigenvalue weighted by molar-refractivity contribution is 7.89. The molecule has 1 amide bonds. The zero-order valence-electron chi connectivity index (χ0n) is 18.5. The second-order valence-electron chi connectivity index (χ2n) is 7.70. The monoisotopic (exact) mass is 501 g/mol. The predicted molar refractivity (Wildman–Crippen MR) is 133 cm³/mol. The van der Waals surface area contributed by atoms with Gasteiger partial charge in [-0.1, -0.05) is 41.9 Å². The summed E-state index contributed by atoms with van der Waals surface area (Å²) in [5.41, 5.74) is 6.60. The van der Waals surface area contributed by atoms with E-state index in [-0.39, 0.29) is 23.9 Å². The largest absolute Gasteiger partial charge is 0.377 e. The Kier molecular flexibility index (Phi) is 6.89. The molecule has 0 fully saturated rings. The molecule has 0 aliphatic carbocycles. The third kappa shape index (κ3) is 5.07. The molecule has 178 valence electrons. The van der Waals surface area contributed by atoms with Crippen LogP contribution in [0.5, 0.6) is 0 Å². The maximum Gasteiger partial charge on any atom is 0.258 e. The van der Waals surface area contributed by atoms with Gasteiger partial charge in [0.2, 0.25) is 16.0 Å². The Morgan fingerprint density at radius 1 is 1.09 bits per heavy atom. The number of hydrazine groups is 2. The number of guanidine groups is 1. The summed E-state index contributed by atoms with van der Waals surface area (Å²) in [5.74, 6) is -0.199. The number of hydrogen-bond donors (Lipinski definition) is 4. The first kappa shape index (κ1) is 23.8. The van der Waals surface area contributed by atoms with Crippen LogP contribution in [-0.4, -0.2) is 52.5 Å². The lowest BCUT2D eigenvalue weighted by atomic mass is 10.1. The fourth-order valence-corrected chi connectivity index (χ4v) is 5.00. The van der Waals surface area contributed by atoms with Gasteiger partial charge in [-0.3, -0.25) is 15.1 Å². The zero-order chi connectivity index (χ0) is 24.3. The van der Waals surface area contributed by atoms with Gasteiger partial charge in [-0.25, -0.2) is 18.7 Å². The van der Waals surface area contributed by atoms with Crippen LogP contribution in [0.15, 0.2) is 70.7 Å². The molecule has 0 aromatic heterocycles. The molecule has 0 radical (unpaired) electrons. The number of rotatable bonds is 7. The summed E-state index contributed by atoms with van der Waals surface area (Å²) < 4.78 is 28.8. The van der Waals surface area contributed by atoms with E-state index >= 15 is 0 Å². The van der Waals surface area contributed by atoms with E-state index in [2.05, 4.69) is 26.2 Å². The molecule has 4 N–H and O–H groups in total. The molecule has 1 aliphatic rings. The van der Waals surface area contributed by atoms with Crippen LogP contribution in [0.1, 0.15) is 10.4 Å². The van der Waals surface area contributed by atoms with Gasteiger partial charge in [0.15, 0.2) is 0 Å². The number of sulfonamides is 1. The zero-order valence-corrected chi connectivity index (χ0v) is 20.1. The van der Waals surface area contributed by atoms with Gasteiger partial charge in [-0.15, -0.1) is 10.6 Å². The van der Waals surface area contributed by atoms with E-state index in [1.54, 1.807) is 36.4 Å². The highest BCUT2D eigenvalue weighted by Gasteiger charge is 2.22. The number of halogens is 1. The van der Waals surface area contributed by atoms with Crippen molar-refractivity contribution in [1.29, 1.82) is 0 Å². The second kappa shape index (κ2) is 9.85. The van der Waals surface area contributed by atoms with Crippen molar-refractivity contribution in [1.82, 2.24) is 26.1 Å². The molecule has 0 saturated carbocycles. The molecule has 0 unspecified atom stereocenters. The normalized spacial score (nSPS) is 13.5. The Bertz CT molecular complexity index is 1360. The minimum atomic E-state index is -3.79. The molecule has 0 spiro atoms. The molecule has 34 heavy (non-hydrogen) atoms. The van der Waals surface area contributed by atoms with Crippen molar-refractivity contribution in [2.45, 2.75) is 4.90 Å². The van der Waals surface area contributed by atoms with E-state index in [0.717, 1.165) is 11.1 Å². The van der Waals surface area contributed by atoms with Crippen LogP contribution >= 0.6 is 11.6 Å². The van der Waals surface area contributed by atoms with Crippen LogP contribution in [0.3, 0.4) is 0 Å². The molecule has 1 aliphatic heterocycles. The Morgan fingerprint density at radius 3 is 2.59 bits per heavy atom. The summed E-state index contributed by atoms with van der Waals surface area (Å²) in [6.45, 7) is 0.251. The van der Waals surface area contributed by atoms with Crippen molar-refractivity contribution in [3.05, 3.63) is 71.2 Å². The summed E-state index contributed by atoms with van der Waals surface area (Å²) in [7, 11) is 0.0300. The average Bonchev–Trinajstić information content (AvgIpc) is 3.24. The fourth-order valence-electron chi connectivity index (χ4n) is 3.57. The minimum Gasteiger partial charge on any atom is -0.377 e. The standard InChI is InChI=1S/C22H24ClN7O3S/c1-29(2)19-10-4-9-18-17(19)8-5-11-20(18)34(32,33)24-12-13-30-22(26-27-28-30)25-21(31)15-6-3-7-16(23)14-15/h3-11,14,24,27-28H,12-13H2,1-2H3,(H,25,26,31). The molecular formula is C22H24ClN7O3S. The Morgan fingerprint density at radius 2 is 1.82 bits per heavy atom. The third-order valence-electron chi connectivity index (χ3n) is 5.17. The van der Waals surface area contributed by atoms with Crippen molar-refractivity contribution in [2.24, 2.45) is 5.10 Å². The number of fused-ring (bicyclic) bond motifs is 1. The van der Waals surface area contributed by atoms with Crippen molar-refractivity contribution in [3.8, 4) is 0 Å². The molecule has 0 saturated heterocycles. The van der Waals surface area contributed by atoms with Crippen molar-refractivity contribution < 1.29 is 13.2 Å². The van der Waals surface area contributed by atoms with E-state index < -0.39 is 15.9 Å². The first-order valence-electron chi connectivity index (χ1n) is 10.4. The average molecular weight is 502 g/mol. The quantitative estimate of drug-likeness (QED) is 0.390. The number of carbonyl (C=O) groups is 1. The molecule has 3 aromatic rings. The molecule has 12 heteroatoms. The summed E-state index contributed by atoms with van der Waals surface area (Å²) in [4.78, 5) is 14.6. The predicted octanol–water partition coefficient (Wildman–Crippen LogP) is 1.86. The maximum atomic E-state index is 13.1. The number of nitrogens with one attached hydrogen (secondary N) is 4. The smallest absolute Gasteiger partial charge is 0.258 e. The Hall–Kier alpha value is -3.38. The van der Waals surface area contributed by atoms with Crippen LogP contribution in [0.25, 0.3) is 10.8 Å². The van der Waals surface area contributed by atoms with E-state index in [9.17, 15) is 13.2 Å². The number of amides is 1. The topological polar surface area (TPSA) is 118 Å². The number of carbonyl (C=O) groups excluding carboxylic acids is 1. The number of nitrogens with zero attached hydrogens (tertiary/aromatic N) is 3. The van der Waals surface area contributed by atoms with Gasteiger partial charge in [0.25, 0.3) is 5.91 Å². The number of benzene rings is 3. The fraction of sp³-hybridized carbons (Fsp3) is 0.182. The minimum absolute atomic E-state index is 0.0623. The summed E-state index contributed by atoms with van der Waals surface area (Å²) in [6, 6.07) is 17.3. The van der Waals surface area contributed by atoms with Gasteiger partial charge in [0, 0.05) is 47.7 Å². The van der Waals surface area contributed by atoms with Crippen LogP contribution in [0, 0.1) is 0 Å². The van der Waals surface area contributed by atoms with Crippen molar-refractivity contribution in [2.75, 3.05) is 32.1 Å². The van der Waals surface area contributed by atoms with Gasteiger partial charge in [-0.2, -0.15) is 0 Å². The van der Waals surface area contributed by atoms with Crippen molar-refractivity contribution in [3.63, 3.8) is 0 Å². The maximum absolute atomic E-state index is 13.1. The first-order chi connectivity index (χ1) is 16.3. The summed E-state index contributed by atoms with van der Waals surface area (Å²) >= 11 is 5.94. The summed E-state index contributed by atoms with van der Waals surface area (Å²) in [6.07, 6.45) is 0. The highest BCUT2D eigenvalue weighted by atomic mass is 35.5. The lowest BCUT2D eigenvalue weighted by Gasteiger charge is -2.20. The first-order valence-corrected chi connectivity index (χ1v) is 12.2. The highest BCUT2D eigenvalue weighted by Crippen LogP contribution is 2.30. The van der Waals surface area contributed by atoms with E-state index in [1.807, 2.05) is 37.2 Å². The van der Waals surface area contributed by atoms with Crippen molar-refractivity contribution >= 4 is 50.0 Å². The van der Waals surface area contributed by atoms with Gasteiger partial charge in [-0.05, 0) is 30.3 Å². The SMILES string of the molecule is CN(C)c1cccc2c(S(=O)(=O)NCCN3NNN=C3NC(=O)c3cccc(Cl)c3)cccc12. The number of anilines is 1. The van der Waals surface area contributed by atoms with Crippen LogP contribution in [0.4, 0.5) is 5.69 Å². The molecular weight excluding hydrogens is 478 g/mol. The third-order valence-corrected chi connectivity index (χ3v) is 6.93. The van der Waals surface area contributed by atoms with E-state index in [0.29, 0.717) is 16.0 Å². The number of hydrogen-bond acceptors (Lipinski definition) is 8. The van der Waals surface area contributed by atoms with E-state index in [1.165, 1.54) is 11.1 Å². The van der Waals surface area contributed by atoms with Gasteiger partial charge >= 0.3 is 0 Å². The Balaban J connectivity index is 1.42. The molecule has 1 heterocycles.